The molecule has 100 heavy (non-hydrogen) atoms. The number of rotatable bonds is 32. The Morgan fingerprint density at radius 1 is 0.680 bits per heavy atom. The molecule has 8 rings (SSSR count). The molecule has 0 spiro atoms. The lowest BCUT2D eigenvalue weighted by molar-refractivity contribution is -0.352. The van der Waals surface area contributed by atoms with E-state index in [1.54, 1.807) is 37.3 Å². The minimum Gasteiger partial charge on any atom is -0.463 e. The number of guanidine groups is 2. The van der Waals surface area contributed by atoms with Crippen LogP contribution in [0.1, 0.15) is 62.5 Å². The fourth-order valence-electron chi connectivity index (χ4n) is 12.8. The van der Waals surface area contributed by atoms with E-state index in [-0.39, 0.29) is 30.2 Å². The molecule has 0 aromatic heterocycles. The molecule has 1 radical (unpaired) electrons. The van der Waals surface area contributed by atoms with Crippen LogP contribution in [0.25, 0.3) is 0 Å². The number of carbonyl (C=O) groups excluding carboxylic acids is 7. The second kappa shape index (κ2) is 35.9. The van der Waals surface area contributed by atoms with Gasteiger partial charge in [0.05, 0.1) is 38.4 Å². The Hall–Kier alpha value is -7.45. The van der Waals surface area contributed by atoms with E-state index in [0.29, 0.717) is 17.9 Å². The Morgan fingerprint density at radius 3 is 1.90 bits per heavy atom. The zero-order chi connectivity index (χ0) is 72.8. The first-order chi connectivity index (χ1) is 47.7. The van der Waals surface area contributed by atoms with E-state index >= 15 is 9.59 Å². The fourth-order valence-corrected chi connectivity index (χ4v) is 12.8. The lowest BCUT2D eigenvalue weighted by atomic mass is 9.92. The van der Waals surface area contributed by atoms with Gasteiger partial charge in [0.25, 0.3) is 0 Å². The number of aliphatic hydroxyl groups is 13. The van der Waals surface area contributed by atoms with Crippen LogP contribution in [0.15, 0.2) is 54.6 Å². The van der Waals surface area contributed by atoms with Gasteiger partial charge in [0, 0.05) is 31.8 Å². The predicted molar refractivity (Wildman–Crippen MR) is 338 cm³/mol. The van der Waals surface area contributed by atoms with Gasteiger partial charge in [-0.05, 0) is 35.6 Å². The van der Waals surface area contributed by atoms with Crippen molar-refractivity contribution >= 4 is 53.7 Å². The fraction of sp³-hybridized carbons (Fsp3) is 0.661. The molecule has 1 aliphatic carbocycles. The number of nitrogens with zero attached hydrogens (tertiary/aromatic N) is 1. The predicted octanol–water partition coefficient (Wildman–Crippen LogP) is -10.7. The molecular weight excluding hydrogens is 1330 g/mol. The number of hydrogen-bond acceptors (Lipinski definition) is 29. The van der Waals surface area contributed by atoms with Crippen molar-refractivity contribution in [1.82, 2.24) is 47.4 Å². The van der Waals surface area contributed by atoms with Gasteiger partial charge in [0.2, 0.25) is 42.1 Å². The smallest absolute Gasteiger partial charge is 0.305 e. The second-order valence-corrected chi connectivity index (χ2v) is 25.4. The summed E-state index contributed by atoms with van der Waals surface area (Å²) < 4.78 is 34.7. The summed E-state index contributed by atoms with van der Waals surface area (Å²) in [7, 11) is 0. The third kappa shape index (κ3) is 19.0. The van der Waals surface area contributed by atoms with Gasteiger partial charge in [-0.15, -0.1) is 0 Å². The molecule has 0 bridgehead atoms. The molecule has 5 saturated heterocycles. The quantitative estimate of drug-likeness (QED) is 0.0303. The van der Waals surface area contributed by atoms with E-state index in [1.807, 2.05) is 0 Å². The molecule has 6 fully saturated rings. The number of nitrogens with two attached hydrogens (primary N) is 1. The van der Waals surface area contributed by atoms with Crippen LogP contribution in [-0.4, -0.2) is 318 Å². The summed E-state index contributed by atoms with van der Waals surface area (Å²) in [6.45, 7) is -3.19. The molecule has 25 unspecified atom stereocenters. The van der Waals surface area contributed by atoms with E-state index in [1.165, 1.54) is 30.6 Å². The summed E-state index contributed by atoms with van der Waals surface area (Å²) in [6.07, 6.45) is -26.3. The number of aliphatic hydroxyl groups excluding tert-OH is 13. The van der Waals surface area contributed by atoms with E-state index < -0.39 is 240 Å². The van der Waals surface area contributed by atoms with Crippen molar-refractivity contribution in [3.8, 4) is 5.75 Å². The zero-order valence-corrected chi connectivity index (χ0v) is 54.3. The highest BCUT2D eigenvalue weighted by molar-refractivity contribution is 5.97. The topological polar surface area (TPSA) is 611 Å². The number of amides is 5. The molecule has 5 amide bonds. The maximum atomic E-state index is 15.2. The van der Waals surface area contributed by atoms with Crippen molar-refractivity contribution in [2.24, 2.45) is 11.7 Å². The maximum absolute atomic E-state index is 15.2. The van der Waals surface area contributed by atoms with Gasteiger partial charge >= 0.3 is 5.97 Å². The molecule has 1 saturated carbocycles. The lowest BCUT2D eigenvalue weighted by Gasteiger charge is -2.46. The van der Waals surface area contributed by atoms with Crippen LogP contribution in [0.2, 0.25) is 0 Å². The van der Waals surface area contributed by atoms with Crippen LogP contribution < -0.4 is 53.0 Å². The normalized spacial score (nSPS) is 31.6. The SMILES string of the molecule is CC(c1ccccc1)C(NC(=O)CN)C(=O)NC(Cc1ccc(OC2OC(COC(=O)CCC3CCCC3)C(OC3OC(CO)C(O)C(O)C3O)C(O)C2O)cc1)C(=O)NC(C(=O)NC(C(=O)NC([C]=O)CO)C(O)C1CNC(=N)N1C1OC(CO)C(O)C(O)C1O)C(O)C1CNC(=N)N1. The lowest BCUT2D eigenvalue weighted by Crippen LogP contribution is -2.69. The Balaban J connectivity index is 1.09. The first kappa shape index (κ1) is 78.3. The van der Waals surface area contributed by atoms with Gasteiger partial charge in [-0.1, -0.05) is 75.1 Å². The molecule has 2 aromatic carbocycles. The molecular formula is C62H91N12O26. The Bertz CT molecular complexity index is 3090. The van der Waals surface area contributed by atoms with Gasteiger partial charge < -0.3 is 148 Å². The van der Waals surface area contributed by atoms with E-state index in [9.17, 15) is 90.4 Å². The highest BCUT2D eigenvalue weighted by Gasteiger charge is 2.55. The number of esters is 1. The summed E-state index contributed by atoms with van der Waals surface area (Å²) in [5.41, 5.74) is 6.41. The average Bonchev–Trinajstić information content (AvgIpc) is 1.34. The molecule has 5 aliphatic heterocycles. The number of hydrogen-bond donors (Lipinski definition) is 24. The number of nitrogens with one attached hydrogen (secondary N) is 10. The van der Waals surface area contributed by atoms with Crippen LogP contribution in [0, 0.1) is 16.7 Å². The summed E-state index contributed by atoms with van der Waals surface area (Å²) >= 11 is 0. The van der Waals surface area contributed by atoms with Gasteiger partial charge in [-0.3, -0.25) is 44.4 Å². The highest BCUT2D eigenvalue weighted by Crippen LogP contribution is 2.34. The summed E-state index contributed by atoms with van der Waals surface area (Å²) in [5, 5.41) is 178. The second-order valence-electron chi connectivity index (χ2n) is 25.4. The van der Waals surface area contributed by atoms with Crippen LogP contribution >= 0.6 is 0 Å². The first-order valence-electron chi connectivity index (χ1n) is 32.7. The van der Waals surface area contributed by atoms with Gasteiger partial charge in [0.1, 0.15) is 128 Å². The first-order valence-corrected chi connectivity index (χ1v) is 32.7. The third-order valence-electron chi connectivity index (χ3n) is 18.6. The summed E-state index contributed by atoms with van der Waals surface area (Å²) in [5.74, 6) is -8.17. The maximum Gasteiger partial charge on any atom is 0.305 e. The van der Waals surface area contributed by atoms with Crippen molar-refractivity contribution in [2.45, 2.75) is 204 Å². The average molecular weight is 1420 g/mol. The van der Waals surface area contributed by atoms with Crippen molar-refractivity contribution in [2.75, 3.05) is 46.1 Å². The van der Waals surface area contributed by atoms with Gasteiger partial charge in [-0.2, -0.15) is 0 Å². The Morgan fingerprint density at radius 2 is 1.28 bits per heavy atom. The standard InChI is InChI=1S/C62H91N12O26/c1-26(29-9-3-2-4-10-29)40(71-38(79)18-63)55(92)69-32(17-28-11-14-31(15-12-28)96-59-52(90)49(87)53(100-60-51(89)48(86)46(84)36(24-78)98-60)37(99-59)25-95-39(80)16-13-27-7-5-6-8-27)54(91)72-41(43(81)33-19-66-61(64)70-33)57(94)73-42(56(93)68-30(21-75)22-76)44(82)34-20-67-62(65)74(34)58-50(88)47(85)45(83)35(23-77)97-58/h2-4,9-12,14-15,26-27,30,32-37,40-53,58-60,75,77-78,81-90H,5-8,13,16-21,23-25,63H2,1H3,(H2,65,67)(H,68,93)(H,69,92)(H,71,79)(H,72,91)(H,73,94)(H3,64,66,70). The highest BCUT2D eigenvalue weighted by atomic mass is 16.7. The van der Waals surface area contributed by atoms with Crippen LogP contribution in [0.5, 0.6) is 5.75 Å². The molecule has 25 atom stereocenters. The molecule has 25 N–H and O–H groups in total. The van der Waals surface area contributed by atoms with Crippen molar-refractivity contribution in [1.29, 1.82) is 10.8 Å². The number of carbonyl (C=O) groups is 6. The molecule has 2 aromatic rings. The third-order valence-corrected chi connectivity index (χ3v) is 18.6. The van der Waals surface area contributed by atoms with Crippen molar-refractivity contribution in [3.05, 3.63) is 65.7 Å². The van der Waals surface area contributed by atoms with Gasteiger partial charge in [0.15, 0.2) is 24.4 Å². The Kier molecular flexibility index (Phi) is 28.1. The van der Waals surface area contributed by atoms with Crippen molar-refractivity contribution < 1.29 is 128 Å². The Labute approximate surface area is 572 Å². The largest absolute Gasteiger partial charge is 0.463 e. The molecule has 555 valence electrons. The molecule has 6 aliphatic rings. The monoisotopic (exact) mass is 1420 g/mol. The van der Waals surface area contributed by atoms with Crippen LogP contribution in [-0.2, 0) is 63.7 Å². The zero-order valence-electron chi connectivity index (χ0n) is 54.3. The molecule has 38 heteroatoms. The summed E-state index contributed by atoms with van der Waals surface area (Å²) in [6, 6.07) is 1.04. The van der Waals surface area contributed by atoms with Crippen molar-refractivity contribution in [3.63, 3.8) is 0 Å². The number of benzene rings is 2. The van der Waals surface area contributed by atoms with E-state index in [0.717, 1.165) is 30.6 Å². The minimum atomic E-state index is -2.34. The van der Waals surface area contributed by atoms with Crippen LogP contribution in [0.4, 0.5) is 0 Å². The summed E-state index contributed by atoms with van der Waals surface area (Å²) in [4.78, 5) is 98.1. The minimum absolute atomic E-state index is 0.0343. The van der Waals surface area contributed by atoms with E-state index in [4.69, 9.17) is 45.0 Å². The van der Waals surface area contributed by atoms with E-state index in [2.05, 4.69) is 42.5 Å². The van der Waals surface area contributed by atoms with Crippen LogP contribution in [0.3, 0.4) is 0 Å². The molecule has 38 nitrogen and oxygen atoms in total. The molecule has 5 heterocycles. The number of ether oxygens (including phenoxy) is 6. The van der Waals surface area contributed by atoms with Gasteiger partial charge in [-0.25, -0.2) is 0 Å².